The van der Waals surface area contributed by atoms with Crippen molar-refractivity contribution in [1.29, 1.82) is 0 Å². The number of rotatable bonds is 10. The topological polar surface area (TPSA) is 58.2 Å². The molecule has 4 nitrogen and oxygen atoms in total. The van der Waals surface area contributed by atoms with Crippen molar-refractivity contribution in [2.24, 2.45) is 5.92 Å². The summed E-state index contributed by atoms with van der Waals surface area (Å²) in [5.41, 5.74) is 3.32. The van der Waals surface area contributed by atoms with Gasteiger partial charge in [-0.2, -0.15) is 0 Å². The summed E-state index contributed by atoms with van der Waals surface area (Å²) in [6, 6.07) is 18.3. The fourth-order valence-corrected chi connectivity index (χ4v) is 3.30. The molecule has 4 heteroatoms. The number of carbonyl (C=O) groups excluding carboxylic acids is 2. The van der Waals surface area contributed by atoms with E-state index in [4.69, 9.17) is 0 Å². The van der Waals surface area contributed by atoms with Crippen molar-refractivity contribution in [3.05, 3.63) is 65.7 Å². The Kier molecular flexibility index (Phi) is 8.91. The molecule has 0 saturated carbocycles. The minimum absolute atomic E-state index is 0.00662. The molecule has 2 aromatic carbocycles. The lowest BCUT2D eigenvalue weighted by atomic mass is 10.0. The molecule has 0 aliphatic heterocycles. The van der Waals surface area contributed by atoms with Gasteiger partial charge < -0.3 is 10.6 Å². The van der Waals surface area contributed by atoms with Gasteiger partial charge in [0.1, 0.15) is 0 Å². The van der Waals surface area contributed by atoms with Gasteiger partial charge in [-0.25, -0.2) is 0 Å². The van der Waals surface area contributed by atoms with Crippen LogP contribution >= 0.6 is 0 Å². The van der Waals surface area contributed by atoms with E-state index in [1.54, 1.807) is 0 Å². The van der Waals surface area contributed by atoms with Gasteiger partial charge in [0.25, 0.3) is 0 Å². The van der Waals surface area contributed by atoms with Gasteiger partial charge in [-0.05, 0) is 54.9 Å². The molecule has 0 saturated heterocycles. The molecule has 2 N–H and O–H groups in total. The number of hydrogen-bond acceptors (Lipinski definition) is 2. The molecule has 0 heterocycles. The quantitative estimate of drug-likeness (QED) is 0.574. The average Bonchev–Trinajstić information content (AvgIpc) is 2.67. The van der Waals surface area contributed by atoms with Crippen LogP contribution in [0.15, 0.2) is 54.6 Å². The van der Waals surface area contributed by atoms with Crippen molar-refractivity contribution < 1.29 is 9.59 Å². The molecule has 156 valence electrons. The van der Waals surface area contributed by atoms with E-state index < -0.39 is 0 Å². The van der Waals surface area contributed by atoms with Crippen LogP contribution in [0.3, 0.4) is 0 Å². The van der Waals surface area contributed by atoms with Gasteiger partial charge in [0.15, 0.2) is 0 Å². The Morgan fingerprint density at radius 1 is 0.828 bits per heavy atom. The Morgan fingerprint density at radius 2 is 1.45 bits per heavy atom. The number of nitrogens with one attached hydrogen (secondary N) is 2. The van der Waals surface area contributed by atoms with Crippen molar-refractivity contribution in [3.63, 3.8) is 0 Å². The van der Waals surface area contributed by atoms with Gasteiger partial charge in [0.05, 0.1) is 0 Å². The highest BCUT2D eigenvalue weighted by molar-refractivity contribution is 5.91. The zero-order valence-electron chi connectivity index (χ0n) is 18.1. The fraction of sp³-hybridized carbons (Fsp3) is 0.440. The largest absolute Gasteiger partial charge is 0.354 e. The SMILES string of the molecule is CC(C)c1ccc(NC(=O)C[C@H](C)CC(=O)N[C@@H](C)CCc2ccccc2)cc1. The summed E-state index contributed by atoms with van der Waals surface area (Å²) in [6.45, 7) is 8.25. The van der Waals surface area contributed by atoms with Crippen LogP contribution in [0.25, 0.3) is 0 Å². The van der Waals surface area contributed by atoms with E-state index in [-0.39, 0.29) is 23.8 Å². The van der Waals surface area contributed by atoms with Crippen molar-refractivity contribution in [2.75, 3.05) is 5.32 Å². The molecule has 0 radical (unpaired) electrons. The van der Waals surface area contributed by atoms with E-state index in [1.165, 1.54) is 11.1 Å². The predicted octanol–water partition coefficient (Wildman–Crippen LogP) is 5.30. The lowest BCUT2D eigenvalue weighted by molar-refractivity contribution is -0.123. The highest BCUT2D eigenvalue weighted by Crippen LogP contribution is 2.18. The molecule has 2 rings (SSSR count). The lowest BCUT2D eigenvalue weighted by Crippen LogP contribution is -2.34. The zero-order valence-corrected chi connectivity index (χ0v) is 18.1. The average molecular weight is 395 g/mol. The van der Waals surface area contributed by atoms with E-state index in [0.29, 0.717) is 18.8 Å². The van der Waals surface area contributed by atoms with Crippen LogP contribution in [0, 0.1) is 5.92 Å². The molecule has 0 bridgehead atoms. The number of hydrogen-bond donors (Lipinski definition) is 2. The zero-order chi connectivity index (χ0) is 21.2. The molecule has 29 heavy (non-hydrogen) atoms. The molecule has 0 aliphatic carbocycles. The molecule has 0 aliphatic rings. The Hall–Kier alpha value is -2.62. The molecule has 2 aromatic rings. The number of benzene rings is 2. The fourth-order valence-electron chi connectivity index (χ4n) is 3.30. The van der Waals surface area contributed by atoms with Crippen LogP contribution in [0.2, 0.25) is 0 Å². The Bertz CT molecular complexity index is 769. The monoisotopic (exact) mass is 394 g/mol. The van der Waals surface area contributed by atoms with E-state index >= 15 is 0 Å². The molecular formula is C25H34N2O2. The molecule has 0 fully saturated rings. The van der Waals surface area contributed by atoms with E-state index in [0.717, 1.165) is 18.5 Å². The summed E-state index contributed by atoms with van der Waals surface area (Å²) < 4.78 is 0. The lowest BCUT2D eigenvalue weighted by Gasteiger charge is -2.16. The van der Waals surface area contributed by atoms with Crippen molar-refractivity contribution in [3.8, 4) is 0 Å². The molecular weight excluding hydrogens is 360 g/mol. The molecule has 2 amide bonds. The first-order chi connectivity index (χ1) is 13.8. The van der Waals surface area contributed by atoms with E-state index in [1.807, 2.05) is 56.3 Å². The summed E-state index contributed by atoms with van der Waals surface area (Å²) >= 11 is 0. The maximum atomic E-state index is 12.3. The van der Waals surface area contributed by atoms with Crippen LogP contribution in [0.5, 0.6) is 0 Å². The van der Waals surface area contributed by atoms with Crippen LogP contribution in [-0.2, 0) is 16.0 Å². The molecule has 0 spiro atoms. The maximum absolute atomic E-state index is 12.3. The van der Waals surface area contributed by atoms with Crippen molar-refractivity contribution >= 4 is 17.5 Å². The number of amides is 2. The molecule has 2 atom stereocenters. The Balaban J connectivity index is 1.69. The second-order valence-corrected chi connectivity index (χ2v) is 8.33. The molecule has 0 unspecified atom stereocenters. The van der Waals surface area contributed by atoms with Crippen LogP contribution in [0.4, 0.5) is 5.69 Å². The van der Waals surface area contributed by atoms with Gasteiger partial charge in [-0.3, -0.25) is 9.59 Å². The summed E-state index contributed by atoms with van der Waals surface area (Å²) in [4.78, 5) is 24.5. The van der Waals surface area contributed by atoms with Gasteiger partial charge in [0, 0.05) is 24.6 Å². The first-order valence-electron chi connectivity index (χ1n) is 10.6. The summed E-state index contributed by atoms with van der Waals surface area (Å²) in [6.07, 6.45) is 2.53. The number of aryl methyl sites for hydroxylation is 1. The number of carbonyl (C=O) groups is 2. The second-order valence-electron chi connectivity index (χ2n) is 8.33. The highest BCUT2D eigenvalue weighted by atomic mass is 16.2. The number of anilines is 1. The first kappa shape index (κ1) is 22.7. The van der Waals surface area contributed by atoms with E-state index in [2.05, 4.69) is 36.6 Å². The van der Waals surface area contributed by atoms with Gasteiger partial charge in [-0.15, -0.1) is 0 Å². The highest BCUT2D eigenvalue weighted by Gasteiger charge is 2.15. The smallest absolute Gasteiger partial charge is 0.224 e. The summed E-state index contributed by atoms with van der Waals surface area (Å²) in [5.74, 6) is 0.409. The third-order valence-corrected chi connectivity index (χ3v) is 5.05. The Morgan fingerprint density at radius 3 is 2.07 bits per heavy atom. The van der Waals surface area contributed by atoms with Crippen molar-refractivity contribution in [2.45, 2.75) is 65.3 Å². The predicted molar refractivity (Wildman–Crippen MR) is 120 cm³/mol. The van der Waals surface area contributed by atoms with Crippen LogP contribution in [0.1, 0.15) is 64.0 Å². The van der Waals surface area contributed by atoms with Crippen LogP contribution < -0.4 is 10.6 Å². The minimum Gasteiger partial charge on any atom is -0.354 e. The van der Waals surface area contributed by atoms with Gasteiger partial charge in [0.2, 0.25) is 11.8 Å². The Labute approximate surface area is 175 Å². The third-order valence-electron chi connectivity index (χ3n) is 5.05. The van der Waals surface area contributed by atoms with Crippen LogP contribution in [-0.4, -0.2) is 17.9 Å². The van der Waals surface area contributed by atoms with Gasteiger partial charge in [-0.1, -0.05) is 63.2 Å². The standard InChI is InChI=1S/C25H34N2O2/c1-18(2)22-12-14-23(15-13-22)27-25(29)17-19(3)16-24(28)26-20(4)10-11-21-8-6-5-7-9-21/h5-9,12-15,18-20H,10-11,16-17H2,1-4H3,(H,26,28)(H,27,29)/t19-,20+/m1/s1. The maximum Gasteiger partial charge on any atom is 0.224 e. The first-order valence-corrected chi connectivity index (χ1v) is 10.6. The third kappa shape index (κ3) is 8.51. The van der Waals surface area contributed by atoms with Gasteiger partial charge >= 0.3 is 0 Å². The molecule has 0 aromatic heterocycles. The van der Waals surface area contributed by atoms with Crippen molar-refractivity contribution in [1.82, 2.24) is 5.32 Å². The second kappa shape index (κ2) is 11.4. The normalized spacial score (nSPS) is 13.0. The van der Waals surface area contributed by atoms with E-state index in [9.17, 15) is 9.59 Å². The minimum atomic E-state index is -0.0558. The summed E-state index contributed by atoms with van der Waals surface area (Å²) in [7, 11) is 0. The summed E-state index contributed by atoms with van der Waals surface area (Å²) in [5, 5.41) is 5.97.